The van der Waals surface area contributed by atoms with E-state index in [1.807, 2.05) is 54.6 Å². The lowest BCUT2D eigenvalue weighted by atomic mass is 9.33. The molecule has 2 aliphatic heterocycles. The molecule has 0 saturated heterocycles. The van der Waals surface area contributed by atoms with Gasteiger partial charge in [0.05, 0.1) is 51.5 Å². The maximum absolute atomic E-state index is 12.3. The summed E-state index contributed by atoms with van der Waals surface area (Å²) < 4.78 is 50.1. The summed E-state index contributed by atoms with van der Waals surface area (Å²) in [4.78, 5) is 4.50. The van der Waals surface area contributed by atoms with Crippen LogP contribution in [0.2, 0.25) is 0 Å². The number of fused-ring (bicyclic) bond motifs is 10. The Hall–Kier alpha value is -11.9. The summed E-state index contributed by atoms with van der Waals surface area (Å²) in [5, 5.41) is 28.4. The minimum Gasteiger partial charge on any atom is -0.310 e. The van der Waals surface area contributed by atoms with Gasteiger partial charge in [-0.05, 0) is 162 Å². The second-order valence-electron chi connectivity index (χ2n) is 27.1. The Morgan fingerprint density at radius 3 is 1.36 bits per heavy atom. The van der Waals surface area contributed by atoms with Crippen LogP contribution >= 0.6 is 0 Å². The molecule has 0 bridgehead atoms. The molecule has 6 nitrogen and oxygen atoms in total. The van der Waals surface area contributed by atoms with E-state index in [0.29, 0.717) is 33.8 Å². The first-order valence-electron chi connectivity index (χ1n) is 34.9. The maximum atomic E-state index is 12.3. The number of para-hydroxylation sites is 4. The zero-order chi connectivity index (χ0) is 68.8. The van der Waals surface area contributed by atoms with Crippen LogP contribution in [-0.4, -0.2) is 15.8 Å². The predicted molar refractivity (Wildman–Crippen MR) is 398 cm³/mol. The maximum Gasteiger partial charge on any atom is 0.252 e. The molecule has 0 fully saturated rings. The molecule has 0 radical (unpaired) electrons. The lowest BCUT2D eigenvalue weighted by molar-refractivity contribution is 0.569. The minimum atomic E-state index is -0.535. The summed E-state index contributed by atoms with van der Waals surface area (Å²) in [5.74, 6) is 0. The highest BCUT2D eigenvalue weighted by Crippen LogP contribution is 2.51. The number of aromatic nitrogens is 2. The standard InChI is InChI=1S/C88H65BN6/c1-87(2,3)63-46-61(47-64(52-63)88(4,5)6)59-42-45-73-82(49-59)94(80-39-23-38-79(72(80)55-91)93-77-36-21-17-32-70(77)71-33-18-22-37-78(71)93)84-50-62(67-29-14-13-28-66(67)57-26-11-8-12-27-57)51-85-86(84)89(73)74-44-41-58(56-24-9-7-10-25-56)48-83(74)95(85)81-53-65(43-40-60(81)54-90)92-75-34-19-15-30-68(75)69-31-16-20-35-76(69)92/h7-53H,1-6H3/i7D,9D,10D,24D,25D. The molecule has 0 atom stereocenters. The van der Waals surface area contributed by atoms with Gasteiger partial charge in [0.25, 0.3) is 6.71 Å². The molecule has 2 aromatic heterocycles. The zero-order valence-corrected chi connectivity index (χ0v) is 53.5. The summed E-state index contributed by atoms with van der Waals surface area (Å²) in [6.45, 7) is 13.0. The van der Waals surface area contributed by atoms with Crippen LogP contribution in [0.4, 0.5) is 34.1 Å². The topological polar surface area (TPSA) is 63.9 Å². The van der Waals surface area contributed by atoms with Crippen LogP contribution < -0.4 is 26.2 Å². The van der Waals surface area contributed by atoms with E-state index in [2.05, 4.69) is 273 Å². The molecule has 0 saturated carbocycles. The summed E-state index contributed by atoms with van der Waals surface area (Å²) >= 11 is 0. The fourth-order valence-corrected chi connectivity index (χ4v) is 15.0. The molecule has 0 amide bonds. The molecule has 0 N–H and O–H groups in total. The summed E-state index contributed by atoms with van der Waals surface area (Å²) in [5.41, 5.74) is 21.6. The van der Waals surface area contributed by atoms with Crippen molar-refractivity contribution >= 4 is 101 Å². The van der Waals surface area contributed by atoms with Crippen LogP contribution in [0.25, 0.3) is 99.5 Å². The Labute approximate surface area is 561 Å². The van der Waals surface area contributed by atoms with Crippen molar-refractivity contribution in [3.05, 3.63) is 307 Å². The molecular formula is C88H65BN6. The van der Waals surface area contributed by atoms with Gasteiger partial charge in [0.1, 0.15) is 17.7 Å². The Morgan fingerprint density at radius 2 is 0.821 bits per heavy atom. The van der Waals surface area contributed by atoms with Crippen LogP contribution in [0.15, 0.2) is 285 Å². The lowest BCUT2D eigenvalue weighted by Crippen LogP contribution is -2.61. The largest absolute Gasteiger partial charge is 0.310 e. The van der Waals surface area contributed by atoms with Crippen molar-refractivity contribution in [3.8, 4) is 68.0 Å². The summed E-state index contributed by atoms with van der Waals surface area (Å²) in [7, 11) is 0. The van der Waals surface area contributed by atoms with Gasteiger partial charge >= 0.3 is 0 Å². The van der Waals surface area contributed by atoms with Gasteiger partial charge in [-0.3, -0.25) is 0 Å². The highest BCUT2D eigenvalue weighted by molar-refractivity contribution is 7.00. The third-order valence-electron chi connectivity index (χ3n) is 19.6. The van der Waals surface area contributed by atoms with Gasteiger partial charge in [0.15, 0.2) is 0 Å². The molecule has 2 aliphatic rings. The van der Waals surface area contributed by atoms with Crippen molar-refractivity contribution < 1.29 is 6.85 Å². The van der Waals surface area contributed by atoms with Crippen LogP contribution in [0.1, 0.15) is 70.7 Å². The molecule has 15 aromatic rings. The molecule has 0 aliphatic carbocycles. The van der Waals surface area contributed by atoms with Gasteiger partial charge < -0.3 is 18.9 Å². The number of nitrogens with zero attached hydrogens (tertiary/aromatic N) is 6. The second-order valence-corrected chi connectivity index (χ2v) is 27.1. The molecule has 95 heavy (non-hydrogen) atoms. The average Bonchev–Trinajstić information content (AvgIpc) is 0.873. The second kappa shape index (κ2) is 21.9. The molecule has 0 spiro atoms. The van der Waals surface area contributed by atoms with E-state index in [0.717, 1.165) is 122 Å². The van der Waals surface area contributed by atoms with Crippen LogP contribution in [0.3, 0.4) is 0 Å². The SMILES string of the molecule is [2H]c1c([2H])c([2H])c(-c2ccc3c(c2)N(c2cc(-n4c5ccccc5c5ccccc54)ccc2C#N)c2cc(-c4ccccc4-c4ccccc4)cc4c2B3c2ccc(-c3cc(C(C)(C)C)cc(C(C)(C)C)c3)cc2N4c2cccc(-n3c4ccccc4c4ccccc43)c2C#N)c([2H])c1[2H]. The van der Waals surface area contributed by atoms with E-state index in [1.54, 1.807) is 0 Å². The molecule has 4 heterocycles. The van der Waals surface area contributed by atoms with Crippen molar-refractivity contribution in [2.45, 2.75) is 52.4 Å². The zero-order valence-electron chi connectivity index (χ0n) is 58.5. The molecule has 17 rings (SSSR count). The van der Waals surface area contributed by atoms with Gasteiger partial charge in [-0.25, -0.2) is 0 Å². The lowest BCUT2D eigenvalue weighted by Gasteiger charge is -2.45. The monoisotopic (exact) mass is 1220 g/mol. The number of hydrogen-bond donors (Lipinski definition) is 0. The number of nitriles is 2. The summed E-state index contributed by atoms with van der Waals surface area (Å²) in [6, 6.07) is 92.2. The summed E-state index contributed by atoms with van der Waals surface area (Å²) in [6.07, 6.45) is 0. The third kappa shape index (κ3) is 9.14. The smallest absolute Gasteiger partial charge is 0.252 e. The van der Waals surface area contributed by atoms with Gasteiger partial charge in [0, 0.05) is 50.0 Å². The first-order chi connectivity index (χ1) is 48.4. The van der Waals surface area contributed by atoms with Crippen LogP contribution in [0.5, 0.6) is 0 Å². The first-order valence-corrected chi connectivity index (χ1v) is 32.4. The van der Waals surface area contributed by atoms with Gasteiger partial charge in [-0.2, -0.15) is 10.5 Å². The molecule has 7 heteroatoms. The Kier molecular flexibility index (Phi) is 11.9. The van der Waals surface area contributed by atoms with Crippen molar-refractivity contribution in [2.75, 3.05) is 9.80 Å². The van der Waals surface area contributed by atoms with E-state index in [-0.39, 0.29) is 28.5 Å². The Balaban J connectivity index is 1.03. The fraction of sp³-hybridized carbons (Fsp3) is 0.0909. The van der Waals surface area contributed by atoms with Crippen molar-refractivity contribution in [1.29, 1.82) is 10.5 Å². The van der Waals surface area contributed by atoms with E-state index >= 15 is 0 Å². The molecule has 13 aromatic carbocycles. The highest BCUT2D eigenvalue weighted by atomic mass is 15.2. The normalized spacial score (nSPS) is 13.4. The van der Waals surface area contributed by atoms with E-state index in [4.69, 9.17) is 4.11 Å². The van der Waals surface area contributed by atoms with Crippen LogP contribution in [-0.2, 0) is 10.8 Å². The van der Waals surface area contributed by atoms with Gasteiger partial charge in [-0.1, -0.05) is 248 Å². The molecule has 0 unspecified atom stereocenters. The van der Waals surface area contributed by atoms with Gasteiger partial charge in [0.2, 0.25) is 0 Å². The van der Waals surface area contributed by atoms with Crippen LogP contribution in [0, 0.1) is 22.7 Å². The Bertz CT molecular complexity index is 5910. The van der Waals surface area contributed by atoms with Crippen molar-refractivity contribution in [1.82, 2.24) is 9.13 Å². The van der Waals surface area contributed by atoms with Gasteiger partial charge in [-0.15, -0.1) is 0 Å². The van der Waals surface area contributed by atoms with Crippen molar-refractivity contribution in [3.63, 3.8) is 0 Å². The quantitative estimate of drug-likeness (QED) is 0.142. The third-order valence-corrected chi connectivity index (χ3v) is 19.6. The number of benzene rings is 13. The minimum absolute atomic E-state index is 0.0597. The Morgan fingerprint density at radius 1 is 0.347 bits per heavy atom. The molecule has 450 valence electrons. The molecular weight excluding hydrogens is 1150 g/mol. The average molecular weight is 1220 g/mol. The number of rotatable bonds is 8. The predicted octanol–water partition coefficient (Wildman–Crippen LogP) is 21.0. The number of hydrogen-bond acceptors (Lipinski definition) is 4. The highest BCUT2D eigenvalue weighted by Gasteiger charge is 2.45. The van der Waals surface area contributed by atoms with E-state index < -0.39 is 24.8 Å². The van der Waals surface area contributed by atoms with Crippen molar-refractivity contribution in [2.24, 2.45) is 0 Å². The first kappa shape index (κ1) is 51.7. The van der Waals surface area contributed by atoms with E-state index in [1.165, 1.54) is 11.1 Å². The van der Waals surface area contributed by atoms with E-state index in [9.17, 15) is 13.3 Å². The number of anilines is 6. The fourth-order valence-electron chi connectivity index (χ4n) is 15.0.